The topological polar surface area (TPSA) is 32.3 Å². The number of piperidine rings is 1. The third-order valence-electron chi connectivity index (χ3n) is 4.49. The summed E-state index contributed by atoms with van der Waals surface area (Å²) in [5, 5.41) is 3.91. The number of hydrogen-bond acceptors (Lipinski definition) is 3. The Hall–Kier alpha value is -1.49. The fourth-order valence-corrected chi connectivity index (χ4v) is 3.85. The Balaban J connectivity index is 1.51. The Labute approximate surface area is 158 Å². The van der Waals surface area contributed by atoms with Gasteiger partial charge in [0.1, 0.15) is 0 Å². The van der Waals surface area contributed by atoms with Gasteiger partial charge in [-0.15, -0.1) is 11.8 Å². The first-order chi connectivity index (χ1) is 12.1. The molecular weight excluding hydrogens is 352 g/mol. The number of likely N-dealkylation sites (tertiary alicyclic amines) is 1. The maximum atomic E-state index is 12.4. The van der Waals surface area contributed by atoms with E-state index in [1.165, 1.54) is 10.5 Å². The van der Waals surface area contributed by atoms with Crippen LogP contribution >= 0.6 is 23.4 Å². The Bertz CT molecular complexity index is 695. The molecular formula is C20H23ClN2OS. The predicted molar refractivity (Wildman–Crippen MR) is 105 cm³/mol. The van der Waals surface area contributed by atoms with Gasteiger partial charge in [-0.05, 0) is 74.9 Å². The summed E-state index contributed by atoms with van der Waals surface area (Å²) in [6.45, 7) is 2.09. The number of nitrogens with one attached hydrogen (secondary N) is 1. The molecule has 1 aliphatic rings. The smallest absolute Gasteiger partial charge is 0.251 e. The summed E-state index contributed by atoms with van der Waals surface area (Å²) in [5.41, 5.74) is 1.94. The van der Waals surface area contributed by atoms with Gasteiger partial charge >= 0.3 is 0 Å². The fourth-order valence-electron chi connectivity index (χ4n) is 2.87. The largest absolute Gasteiger partial charge is 0.349 e. The molecule has 1 amide bonds. The summed E-state index contributed by atoms with van der Waals surface area (Å²) in [4.78, 5) is 15.9. The number of carbonyl (C=O) groups excluding carboxylic acids is 1. The molecule has 2 aromatic rings. The van der Waals surface area contributed by atoms with Crippen LogP contribution in [0.25, 0.3) is 0 Å². The summed E-state index contributed by atoms with van der Waals surface area (Å²) in [6.07, 6.45) is 2.05. The Morgan fingerprint density at radius 2 is 1.76 bits per heavy atom. The van der Waals surface area contributed by atoms with Crippen LogP contribution in [-0.2, 0) is 5.75 Å². The van der Waals surface area contributed by atoms with Crippen molar-refractivity contribution < 1.29 is 4.79 Å². The Kier molecular flexibility index (Phi) is 6.40. The molecule has 1 saturated heterocycles. The highest BCUT2D eigenvalue weighted by molar-refractivity contribution is 7.98. The Morgan fingerprint density at radius 1 is 1.12 bits per heavy atom. The minimum Gasteiger partial charge on any atom is -0.349 e. The van der Waals surface area contributed by atoms with E-state index in [4.69, 9.17) is 11.6 Å². The summed E-state index contributed by atoms with van der Waals surface area (Å²) in [7, 11) is 2.12. The third kappa shape index (κ3) is 5.50. The van der Waals surface area contributed by atoms with Crippen LogP contribution < -0.4 is 5.32 Å². The summed E-state index contributed by atoms with van der Waals surface area (Å²) in [5.74, 6) is 0.907. The molecule has 1 aliphatic heterocycles. The highest BCUT2D eigenvalue weighted by Gasteiger charge is 2.18. The zero-order valence-corrected chi connectivity index (χ0v) is 15.9. The first-order valence-corrected chi connectivity index (χ1v) is 9.93. The van der Waals surface area contributed by atoms with Gasteiger partial charge in [-0.1, -0.05) is 23.7 Å². The van der Waals surface area contributed by atoms with Crippen LogP contribution in [-0.4, -0.2) is 37.0 Å². The minimum atomic E-state index is 0.0338. The first-order valence-electron chi connectivity index (χ1n) is 8.57. The van der Waals surface area contributed by atoms with Crippen LogP contribution in [0.15, 0.2) is 53.4 Å². The summed E-state index contributed by atoms with van der Waals surface area (Å²) < 4.78 is 0. The molecule has 0 atom stereocenters. The van der Waals surface area contributed by atoms with Gasteiger partial charge in [0.15, 0.2) is 0 Å². The van der Waals surface area contributed by atoms with Crippen LogP contribution in [0.4, 0.5) is 0 Å². The van der Waals surface area contributed by atoms with Gasteiger partial charge in [0.2, 0.25) is 0 Å². The highest BCUT2D eigenvalue weighted by Crippen LogP contribution is 2.24. The lowest BCUT2D eigenvalue weighted by molar-refractivity contribution is 0.0917. The second kappa shape index (κ2) is 8.75. The van der Waals surface area contributed by atoms with Gasteiger partial charge in [0, 0.05) is 27.3 Å². The monoisotopic (exact) mass is 374 g/mol. The molecule has 1 fully saturated rings. The van der Waals surface area contributed by atoms with Gasteiger partial charge in [0.05, 0.1) is 0 Å². The molecule has 132 valence electrons. The van der Waals surface area contributed by atoms with E-state index in [9.17, 15) is 4.79 Å². The summed E-state index contributed by atoms with van der Waals surface area (Å²) in [6, 6.07) is 16.1. The van der Waals surface area contributed by atoms with E-state index in [-0.39, 0.29) is 5.91 Å². The standard InChI is InChI=1S/C20H23ClN2OS/c1-23-12-10-18(11-13-23)22-20(24)16-4-2-15(3-5-16)14-25-19-8-6-17(21)7-9-19/h2-9,18H,10-14H2,1H3,(H,22,24). The van der Waals surface area contributed by atoms with Gasteiger partial charge in [0.25, 0.3) is 5.91 Å². The van der Waals surface area contributed by atoms with Crippen molar-refractivity contribution in [1.29, 1.82) is 0 Å². The van der Waals surface area contributed by atoms with Crippen molar-refractivity contribution in [3.8, 4) is 0 Å². The van der Waals surface area contributed by atoms with E-state index in [0.29, 0.717) is 6.04 Å². The maximum absolute atomic E-state index is 12.4. The van der Waals surface area contributed by atoms with Crippen molar-refractivity contribution in [3.63, 3.8) is 0 Å². The van der Waals surface area contributed by atoms with Gasteiger partial charge in [-0.25, -0.2) is 0 Å². The molecule has 5 heteroatoms. The molecule has 25 heavy (non-hydrogen) atoms. The van der Waals surface area contributed by atoms with E-state index >= 15 is 0 Å². The van der Waals surface area contributed by atoms with Crippen molar-refractivity contribution in [2.45, 2.75) is 29.5 Å². The molecule has 0 radical (unpaired) electrons. The molecule has 1 heterocycles. The zero-order valence-electron chi connectivity index (χ0n) is 14.4. The van der Waals surface area contributed by atoms with Crippen LogP contribution in [0.5, 0.6) is 0 Å². The first kappa shape index (κ1) is 18.3. The highest BCUT2D eigenvalue weighted by atomic mass is 35.5. The number of rotatable bonds is 5. The van der Waals surface area contributed by atoms with Crippen molar-refractivity contribution in [3.05, 3.63) is 64.7 Å². The summed E-state index contributed by atoms with van der Waals surface area (Å²) >= 11 is 7.66. The Morgan fingerprint density at radius 3 is 2.40 bits per heavy atom. The third-order valence-corrected chi connectivity index (χ3v) is 5.82. The minimum absolute atomic E-state index is 0.0338. The van der Waals surface area contributed by atoms with Crippen molar-refractivity contribution in [2.75, 3.05) is 20.1 Å². The quantitative estimate of drug-likeness (QED) is 0.784. The predicted octanol–water partition coefficient (Wildman–Crippen LogP) is 4.46. The van der Waals surface area contributed by atoms with Crippen molar-refractivity contribution in [2.24, 2.45) is 0 Å². The number of nitrogens with zero attached hydrogens (tertiary/aromatic N) is 1. The average molecular weight is 375 g/mol. The number of thioether (sulfide) groups is 1. The normalized spacial score (nSPS) is 15.9. The molecule has 0 saturated carbocycles. The van der Waals surface area contributed by atoms with Gasteiger partial charge in [-0.3, -0.25) is 4.79 Å². The fraction of sp³-hybridized carbons (Fsp3) is 0.350. The number of hydrogen-bond donors (Lipinski definition) is 1. The molecule has 3 nitrogen and oxygen atoms in total. The van der Waals surface area contributed by atoms with Crippen LogP contribution in [0.2, 0.25) is 5.02 Å². The van der Waals surface area contributed by atoms with E-state index in [1.807, 2.05) is 48.5 Å². The van der Waals surface area contributed by atoms with Crippen molar-refractivity contribution in [1.82, 2.24) is 10.2 Å². The lowest BCUT2D eigenvalue weighted by atomic mass is 10.0. The van der Waals surface area contributed by atoms with Gasteiger partial charge in [-0.2, -0.15) is 0 Å². The van der Waals surface area contributed by atoms with Crippen LogP contribution in [0.3, 0.4) is 0 Å². The number of halogens is 1. The molecule has 0 unspecified atom stereocenters. The maximum Gasteiger partial charge on any atom is 0.251 e. The zero-order chi connectivity index (χ0) is 17.6. The molecule has 2 aromatic carbocycles. The average Bonchev–Trinajstić information content (AvgIpc) is 2.63. The van der Waals surface area contributed by atoms with Crippen LogP contribution in [0, 0.1) is 0 Å². The lowest BCUT2D eigenvalue weighted by Gasteiger charge is -2.29. The lowest BCUT2D eigenvalue weighted by Crippen LogP contribution is -2.43. The van der Waals surface area contributed by atoms with E-state index in [1.54, 1.807) is 11.8 Å². The molecule has 0 spiro atoms. The van der Waals surface area contributed by atoms with E-state index < -0.39 is 0 Å². The second-order valence-corrected chi connectivity index (χ2v) is 7.98. The number of benzene rings is 2. The molecule has 3 rings (SSSR count). The SMILES string of the molecule is CN1CCC(NC(=O)c2ccc(CSc3ccc(Cl)cc3)cc2)CC1. The number of carbonyl (C=O) groups is 1. The molecule has 1 N–H and O–H groups in total. The van der Waals surface area contributed by atoms with E-state index in [2.05, 4.69) is 17.3 Å². The van der Waals surface area contributed by atoms with Crippen molar-refractivity contribution >= 4 is 29.3 Å². The van der Waals surface area contributed by atoms with Crippen LogP contribution in [0.1, 0.15) is 28.8 Å². The van der Waals surface area contributed by atoms with E-state index in [0.717, 1.165) is 42.3 Å². The second-order valence-electron chi connectivity index (χ2n) is 6.49. The molecule has 0 aliphatic carbocycles. The van der Waals surface area contributed by atoms with Gasteiger partial charge < -0.3 is 10.2 Å². The molecule has 0 aromatic heterocycles. The molecule has 0 bridgehead atoms. The number of amides is 1.